The summed E-state index contributed by atoms with van der Waals surface area (Å²) in [5, 5.41) is 2.15. The van der Waals surface area contributed by atoms with Gasteiger partial charge >= 0.3 is 6.18 Å². The zero-order valence-corrected chi connectivity index (χ0v) is 7.14. The van der Waals surface area contributed by atoms with E-state index in [2.05, 4.69) is 5.32 Å². The molecule has 76 valence electrons. The third kappa shape index (κ3) is 3.08. The van der Waals surface area contributed by atoms with Crippen molar-refractivity contribution in [3.05, 3.63) is 29.8 Å². The number of aldehydes is 1. The zero-order valence-electron chi connectivity index (χ0n) is 7.14. The Balaban J connectivity index is 2.71. The number of halogens is 3. The average Bonchev–Trinajstić information content (AvgIpc) is 2.14. The highest BCUT2D eigenvalue weighted by atomic mass is 19.4. The van der Waals surface area contributed by atoms with Crippen molar-refractivity contribution in [2.45, 2.75) is 6.18 Å². The molecule has 0 saturated heterocycles. The Morgan fingerprint density at radius 3 is 2.50 bits per heavy atom. The zero-order chi connectivity index (χ0) is 10.6. The maximum absolute atomic E-state index is 11.8. The predicted octanol–water partition coefficient (Wildman–Crippen LogP) is 2.47. The van der Waals surface area contributed by atoms with Gasteiger partial charge < -0.3 is 5.32 Å². The van der Waals surface area contributed by atoms with E-state index in [1.807, 2.05) is 0 Å². The van der Waals surface area contributed by atoms with Gasteiger partial charge in [0.05, 0.1) is 0 Å². The van der Waals surface area contributed by atoms with Crippen LogP contribution in [-0.4, -0.2) is 19.0 Å². The van der Waals surface area contributed by atoms with Crippen LogP contribution >= 0.6 is 0 Å². The fourth-order valence-corrected chi connectivity index (χ4v) is 0.956. The molecule has 0 aliphatic carbocycles. The molecule has 0 amide bonds. The predicted molar refractivity (Wildman–Crippen MR) is 46.4 cm³/mol. The second kappa shape index (κ2) is 4.13. The Bertz CT molecular complexity index is 322. The molecule has 14 heavy (non-hydrogen) atoms. The van der Waals surface area contributed by atoms with Gasteiger partial charge in [0.25, 0.3) is 0 Å². The maximum atomic E-state index is 11.8. The van der Waals surface area contributed by atoms with Crippen molar-refractivity contribution in [3.8, 4) is 0 Å². The van der Waals surface area contributed by atoms with Crippen LogP contribution in [0.15, 0.2) is 24.3 Å². The quantitative estimate of drug-likeness (QED) is 0.764. The van der Waals surface area contributed by atoms with Gasteiger partial charge in [0, 0.05) is 11.3 Å². The van der Waals surface area contributed by atoms with Crippen LogP contribution in [0.1, 0.15) is 10.4 Å². The first kappa shape index (κ1) is 10.6. The highest BCUT2D eigenvalue weighted by Gasteiger charge is 2.26. The Labute approximate surface area is 78.7 Å². The van der Waals surface area contributed by atoms with Gasteiger partial charge in [-0.15, -0.1) is 0 Å². The number of benzene rings is 1. The standard InChI is InChI=1S/C9H8F3NO/c10-9(11,12)6-13-8-4-2-1-3-7(8)5-14/h1-5,13H,6H2. The second-order valence-corrected chi connectivity index (χ2v) is 2.67. The second-order valence-electron chi connectivity index (χ2n) is 2.67. The number of nitrogens with one attached hydrogen (secondary N) is 1. The van der Waals surface area contributed by atoms with E-state index in [-0.39, 0.29) is 11.3 Å². The number of para-hydroxylation sites is 1. The summed E-state index contributed by atoms with van der Waals surface area (Å²) in [5.41, 5.74) is 0.413. The average molecular weight is 203 g/mol. The van der Waals surface area contributed by atoms with Gasteiger partial charge in [-0.3, -0.25) is 4.79 Å². The molecule has 5 heteroatoms. The van der Waals surface area contributed by atoms with Gasteiger partial charge in [-0.1, -0.05) is 12.1 Å². The number of carbonyl (C=O) groups excluding carboxylic acids is 1. The summed E-state index contributed by atoms with van der Waals surface area (Å²) in [4.78, 5) is 10.4. The summed E-state index contributed by atoms with van der Waals surface area (Å²) >= 11 is 0. The van der Waals surface area contributed by atoms with Crippen LogP contribution < -0.4 is 5.32 Å². The molecule has 1 aromatic carbocycles. The molecule has 0 unspecified atom stereocenters. The van der Waals surface area contributed by atoms with Gasteiger partial charge in [-0.05, 0) is 12.1 Å². The third-order valence-electron chi connectivity index (χ3n) is 1.57. The maximum Gasteiger partial charge on any atom is 0.405 e. The van der Waals surface area contributed by atoms with Crippen molar-refractivity contribution in [1.29, 1.82) is 0 Å². The molecule has 0 heterocycles. The van der Waals surface area contributed by atoms with Crippen LogP contribution in [0.3, 0.4) is 0 Å². The first-order valence-corrected chi connectivity index (χ1v) is 3.88. The molecule has 1 N–H and O–H groups in total. The van der Waals surface area contributed by atoms with Crippen molar-refractivity contribution in [2.24, 2.45) is 0 Å². The van der Waals surface area contributed by atoms with E-state index >= 15 is 0 Å². The molecule has 0 fully saturated rings. The van der Waals surface area contributed by atoms with Crippen LogP contribution in [0.25, 0.3) is 0 Å². The van der Waals surface area contributed by atoms with Crippen LogP contribution in [0.4, 0.5) is 18.9 Å². The van der Waals surface area contributed by atoms with Crippen molar-refractivity contribution in [1.82, 2.24) is 0 Å². The number of hydrogen-bond acceptors (Lipinski definition) is 2. The molecule has 0 aliphatic heterocycles. The van der Waals surface area contributed by atoms with Crippen molar-refractivity contribution < 1.29 is 18.0 Å². The monoisotopic (exact) mass is 203 g/mol. The minimum absolute atomic E-state index is 0.194. The Morgan fingerprint density at radius 2 is 1.93 bits per heavy atom. The fraction of sp³-hybridized carbons (Fsp3) is 0.222. The lowest BCUT2D eigenvalue weighted by Gasteiger charge is -2.10. The Hall–Kier alpha value is -1.52. The molecule has 0 saturated carbocycles. The van der Waals surface area contributed by atoms with Crippen LogP contribution in [-0.2, 0) is 0 Å². The number of rotatable bonds is 3. The molecule has 0 aliphatic rings. The van der Waals surface area contributed by atoms with E-state index < -0.39 is 12.7 Å². The molecular weight excluding hydrogens is 195 g/mol. The summed E-state index contributed by atoms with van der Waals surface area (Å²) in [6.07, 6.45) is -3.77. The summed E-state index contributed by atoms with van der Waals surface area (Å²) in [6.45, 7) is -1.14. The lowest BCUT2D eigenvalue weighted by molar-refractivity contribution is -0.115. The first-order valence-electron chi connectivity index (χ1n) is 3.88. The highest BCUT2D eigenvalue weighted by molar-refractivity contribution is 5.83. The van der Waals surface area contributed by atoms with Gasteiger partial charge in [-0.2, -0.15) is 13.2 Å². The van der Waals surface area contributed by atoms with Gasteiger partial charge in [0.2, 0.25) is 0 Å². The lowest BCUT2D eigenvalue weighted by atomic mass is 10.2. The van der Waals surface area contributed by atoms with Gasteiger partial charge in [0.15, 0.2) is 6.29 Å². The highest BCUT2D eigenvalue weighted by Crippen LogP contribution is 2.18. The first-order chi connectivity index (χ1) is 6.53. The molecule has 2 nitrogen and oxygen atoms in total. The summed E-state index contributed by atoms with van der Waals surface area (Å²) < 4.78 is 35.5. The minimum Gasteiger partial charge on any atom is -0.376 e. The molecular formula is C9H8F3NO. The van der Waals surface area contributed by atoms with E-state index in [0.29, 0.717) is 6.29 Å². The third-order valence-corrected chi connectivity index (χ3v) is 1.57. The van der Waals surface area contributed by atoms with E-state index in [4.69, 9.17) is 0 Å². The van der Waals surface area contributed by atoms with E-state index in [1.54, 1.807) is 12.1 Å². The van der Waals surface area contributed by atoms with Crippen LogP contribution in [0.2, 0.25) is 0 Å². The lowest BCUT2D eigenvalue weighted by Crippen LogP contribution is -2.21. The van der Waals surface area contributed by atoms with Crippen molar-refractivity contribution in [3.63, 3.8) is 0 Å². The summed E-state index contributed by atoms with van der Waals surface area (Å²) in [6, 6.07) is 6.02. The van der Waals surface area contributed by atoms with Gasteiger partial charge in [0.1, 0.15) is 6.54 Å². The Kier molecular flexibility index (Phi) is 3.11. The number of carbonyl (C=O) groups is 1. The Morgan fingerprint density at radius 1 is 1.29 bits per heavy atom. The van der Waals surface area contributed by atoms with Crippen molar-refractivity contribution >= 4 is 12.0 Å². The summed E-state index contributed by atoms with van der Waals surface area (Å²) in [7, 11) is 0. The minimum atomic E-state index is -4.28. The topological polar surface area (TPSA) is 29.1 Å². The van der Waals surface area contributed by atoms with Crippen LogP contribution in [0.5, 0.6) is 0 Å². The largest absolute Gasteiger partial charge is 0.405 e. The van der Waals surface area contributed by atoms with E-state index in [9.17, 15) is 18.0 Å². The molecule has 0 atom stereocenters. The molecule has 0 spiro atoms. The molecule has 0 radical (unpaired) electrons. The van der Waals surface area contributed by atoms with Gasteiger partial charge in [-0.25, -0.2) is 0 Å². The van der Waals surface area contributed by atoms with E-state index in [0.717, 1.165) is 0 Å². The smallest absolute Gasteiger partial charge is 0.376 e. The molecule has 0 aromatic heterocycles. The van der Waals surface area contributed by atoms with Crippen LogP contribution in [0, 0.1) is 0 Å². The number of anilines is 1. The fourth-order valence-electron chi connectivity index (χ4n) is 0.956. The molecule has 0 bridgehead atoms. The number of hydrogen-bond donors (Lipinski definition) is 1. The molecule has 1 rings (SSSR count). The molecule has 1 aromatic rings. The van der Waals surface area contributed by atoms with E-state index in [1.165, 1.54) is 12.1 Å². The SMILES string of the molecule is O=Cc1ccccc1NCC(F)(F)F. The number of alkyl halides is 3. The summed E-state index contributed by atoms with van der Waals surface area (Å²) in [5.74, 6) is 0. The normalized spacial score (nSPS) is 11.1. The van der Waals surface area contributed by atoms with Crippen molar-refractivity contribution in [2.75, 3.05) is 11.9 Å².